The number of ketones is 1. The minimum absolute atomic E-state index is 0.0916. The molecule has 5 heteroatoms. The average Bonchev–Trinajstić information content (AvgIpc) is 2.48. The van der Waals surface area contributed by atoms with Gasteiger partial charge < -0.3 is 5.32 Å². The van der Waals surface area contributed by atoms with E-state index in [-0.39, 0.29) is 22.9 Å². The van der Waals surface area contributed by atoms with Gasteiger partial charge in [0.1, 0.15) is 0 Å². The van der Waals surface area contributed by atoms with E-state index in [1.165, 1.54) is 0 Å². The van der Waals surface area contributed by atoms with Gasteiger partial charge in [0.2, 0.25) is 0 Å². The summed E-state index contributed by atoms with van der Waals surface area (Å²) in [7, 11) is 0. The normalized spacial score (nSPS) is 10.1. The lowest BCUT2D eigenvalue weighted by Gasteiger charge is -2.07. The quantitative estimate of drug-likeness (QED) is 0.877. The van der Waals surface area contributed by atoms with Gasteiger partial charge in [-0.05, 0) is 12.1 Å². The van der Waals surface area contributed by atoms with Crippen LogP contribution in [0.4, 0.5) is 0 Å². The third kappa shape index (κ3) is 3.38. The second-order valence-corrected chi connectivity index (χ2v) is 4.86. The van der Waals surface area contributed by atoms with E-state index in [4.69, 9.17) is 23.2 Å². The summed E-state index contributed by atoms with van der Waals surface area (Å²) in [4.78, 5) is 23.8. The molecule has 1 amide bonds. The molecule has 0 radical (unpaired) electrons. The zero-order chi connectivity index (χ0) is 14.5. The van der Waals surface area contributed by atoms with Crippen LogP contribution in [0.15, 0.2) is 48.5 Å². The number of nitrogens with one attached hydrogen (secondary N) is 1. The topological polar surface area (TPSA) is 46.2 Å². The first kappa shape index (κ1) is 14.6. The fraction of sp³-hybridized carbons (Fsp3) is 0.0667. The Balaban J connectivity index is 2.03. The third-order valence-corrected chi connectivity index (χ3v) is 3.52. The highest BCUT2D eigenvalue weighted by molar-refractivity contribution is 6.43. The van der Waals surface area contributed by atoms with E-state index >= 15 is 0 Å². The van der Waals surface area contributed by atoms with Crippen LogP contribution in [-0.2, 0) is 0 Å². The molecule has 0 bridgehead atoms. The number of halogens is 2. The number of hydrogen-bond acceptors (Lipinski definition) is 2. The van der Waals surface area contributed by atoms with E-state index < -0.39 is 5.91 Å². The van der Waals surface area contributed by atoms with Gasteiger partial charge in [0, 0.05) is 5.56 Å². The largest absolute Gasteiger partial charge is 0.345 e. The van der Waals surface area contributed by atoms with E-state index in [0.717, 1.165) is 0 Å². The molecule has 0 aliphatic heterocycles. The number of benzene rings is 2. The molecule has 2 rings (SSSR count). The molecule has 0 atom stereocenters. The van der Waals surface area contributed by atoms with Crippen molar-refractivity contribution < 1.29 is 9.59 Å². The molecule has 2 aromatic carbocycles. The van der Waals surface area contributed by atoms with E-state index in [9.17, 15) is 9.59 Å². The van der Waals surface area contributed by atoms with Gasteiger partial charge in [-0.25, -0.2) is 0 Å². The maximum absolute atomic E-state index is 11.9. The van der Waals surface area contributed by atoms with Gasteiger partial charge >= 0.3 is 0 Å². The first-order valence-corrected chi connectivity index (χ1v) is 6.65. The average molecular weight is 308 g/mol. The maximum Gasteiger partial charge on any atom is 0.253 e. The summed E-state index contributed by atoms with van der Waals surface area (Å²) in [5.74, 6) is -0.598. The summed E-state index contributed by atoms with van der Waals surface area (Å²) < 4.78 is 0. The fourth-order valence-corrected chi connectivity index (χ4v) is 2.05. The molecule has 2 aromatic rings. The van der Waals surface area contributed by atoms with Gasteiger partial charge in [-0.1, -0.05) is 59.6 Å². The van der Waals surface area contributed by atoms with Crippen LogP contribution in [0.1, 0.15) is 20.7 Å². The predicted molar refractivity (Wildman–Crippen MR) is 79.6 cm³/mol. The van der Waals surface area contributed by atoms with Crippen molar-refractivity contribution in [1.29, 1.82) is 0 Å². The van der Waals surface area contributed by atoms with Crippen molar-refractivity contribution in [1.82, 2.24) is 5.32 Å². The van der Waals surface area contributed by atoms with Crippen molar-refractivity contribution in [2.75, 3.05) is 6.54 Å². The first-order valence-electron chi connectivity index (χ1n) is 5.90. The summed E-state index contributed by atoms with van der Waals surface area (Å²) in [5, 5.41) is 3.01. The zero-order valence-corrected chi connectivity index (χ0v) is 11.9. The lowest BCUT2D eigenvalue weighted by molar-refractivity contribution is 0.0904. The van der Waals surface area contributed by atoms with Crippen LogP contribution >= 0.6 is 23.2 Å². The minimum Gasteiger partial charge on any atom is -0.345 e. The Morgan fingerprint density at radius 3 is 2.35 bits per heavy atom. The van der Waals surface area contributed by atoms with Crippen LogP contribution in [0, 0.1) is 0 Å². The Morgan fingerprint density at radius 1 is 0.950 bits per heavy atom. The van der Waals surface area contributed by atoms with Crippen LogP contribution in [-0.4, -0.2) is 18.2 Å². The molecule has 0 unspecified atom stereocenters. The Kier molecular flexibility index (Phi) is 4.77. The number of rotatable bonds is 4. The molecule has 0 aromatic heterocycles. The second-order valence-electron chi connectivity index (χ2n) is 4.07. The molecule has 0 spiro atoms. The molecule has 0 aliphatic carbocycles. The Bertz CT molecular complexity index is 642. The Hall–Kier alpha value is -1.84. The molecular formula is C15H11Cl2NO2. The number of carbonyl (C=O) groups is 2. The number of carbonyl (C=O) groups excluding carboxylic acids is 2. The van der Waals surface area contributed by atoms with Crippen LogP contribution in [0.5, 0.6) is 0 Å². The SMILES string of the molecule is O=C(CNC(=O)c1cccc(Cl)c1Cl)c1ccccc1. The molecule has 102 valence electrons. The highest BCUT2D eigenvalue weighted by Gasteiger charge is 2.14. The second kappa shape index (κ2) is 6.55. The van der Waals surface area contributed by atoms with Crippen molar-refractivity contribution in [2.24, 2.45) is 0 Å². The first-order chi connectivity index (χ1) is 9.59. The lowest BCUT2D eigenvalue weighted by Crippen LogP contribution is -2.29. The molecule has 3 nitrogen and oxygen atoms in total. The van der Waals surface area contributed by atoms with Crippen molar-refractivity contribution in [3.63, 3.8) is 0 Å². The molecule has 0 saturated carbocycles. The van der Waals surface area contributed by atoms with Crippen molar-refractivity contribution >= 4 is 34.9 Å². The van der Waals surface area contributed by atoms with E-state index in [1.54, 1.807) is 42.5 Å². The van der Waals surface area contributed by atoms with E-state index in [1.807, 2.05) is 6.07 Å². The number of Topliss-reactive ketones (excluding diaryl/α,β-unsaturated/α-hetero) is 1. The van der Waals surface area contributed by atoms with Crippen LogP contribution in [0.3, 0.4) is 0 Å². The predicted octanol–water partition coefficient (Wildman–Crippen LogP) is 3.61. The van der Waals surface area contributed by atoms with Gasteiger partial charge in [-0.2, -0.15) is 0 Å². The van der Waals surface area contributed by atoms with Crippen molar-refractivity contribution in [2.45, 2.75) is 0 Å². The smallest absolute Gasteiger partial charge is 0.253 e. The van der Waals surface area contributed by atoms with Crippen LogP contribution in [0.25, 0.3) is 0 Å². The summed E-state index contributed by atoms with van der Waals surface area (Å²) in [6.07, 6.45) is 0. The standard InChI is InChI=1S/C15H11Cl2NO2/c16-12-8-4-7-11(14(12)17)15(20)18-9-13(19)10-5-2-1-3-6-10/h1-8H,9H2,(H,18,20). The van der Waals surface area contributed by atoms with Crippen molar-refractivity contribution in [3.05, 3.63) is 69.7 Å². The molecule has 1 N–H and O–H groups in total. The monoisotopic (exact) mass is 307 g/mol. The van der Waals surface area contributed by atoms with Gasteiger partial charge in [-0.3, -0.25) is 9.59 Å². The molecule has 0 saturated heterocycles. The molecule has 20 heavy (non-hydrogen) atoms. The highest BCUT2D eigenvalue weighted by atomic mass is 35.5. The lowest BCUT2D eigenvalue weighted by atomic mass is 10.1. The van der Waals surface area contributed by atoms with Crippen molar-refractivity contribution in [3.8, 4) is 0 Å². The van der Waals surface area contributed by atoms with Gasteiger partial charge in [0.15, 0.2) is 5.78 Å². The third-order valence-electron chi connectivity index (χ3n) is 2.70. The summed E-state index contributed by atoms with van der Waals surface area (Å²) >= 11 is 11.8. The van der Waals surface area contributed by atoms with Crippen LogP contribution < -0.4 is 5.32 Å². The number of hydrogen-bond donors (Lipinski definition) is 1. The fourth-order valence-electron chi connectivity index (χ4n) is 1.66. The summed E-state index contributed by atoms with van der Waals surface area (Å²) in [6.45, 7) is -0.0916. The molecule has 0 fully saturated rings. The Labute approximate surface area is 126 Å². The van der Waals surface area contributed by atoms with E-state index in [0.29, 0.717) is 10.6 Å². The van der Waals surface area contributed by atoms with Crippen LogP contribution in [0.2, 0.25) is 10.0 Å². The maximum atomic E-state index is 11.9. The van der Waals surface area contributed by atoms with Gasteiger partial charge in [-0.15, -0.1) is 0 Å². The molecular weight excluding hydrogens is 297 g/mol. The number of amides is 1. The van der Waals surface area contributed by atoms with Gasteiger partial charge in [0.25, 0.3) is 5.91 Å². The minimum atomic E-state index is -0.429. The van der Waals surface area contributed by atoms with Gasteiger partial charge in [0.05, 0.1) is 22.2 Å². The van der Waals surface area contributed by atoms with E-state index in [2.05, 4.69) is 5.32 Å². The molecule has 0 aliphatic rings. The summed E-state index contributed by atoms with van der Waals surface area (Å²) in [6, 6.07) is 13.5. The molecule has 0 heterocycles. The zero-order valence-electron chi connectivity index (χ0n) is 10.4. The Morgan fingerprint density at radius 2 is 1.65 bits per heavy atom. The summed E-state index contributed by atoms with van der Waals surface area (Å²) in [5.41, 5.74) is 0.796. The highest BCUT2D eigenvalue weighted by Crippen LogP contribution is 2.25.